The van der Waals surface area contributed by atoms with Gasteiger partial charge in [-0.05, 0) is 17.9 Å². The predicted octanol–water partition coefficient (Wildman–Crippen LogP) is 1.06. The summed E-state index contributed by atoms with van der Waals surface area (Å²) in [5.41, 5.74) is 1.59. The largest absolute Gasteiger partial charge is 0.458 e. The molecule has 0 bridgehead atoms. The summed E-state index contributed by atoms with van der Waals surface area (Å²) < 4.78 is 11.0. The molecule has 2 saturated carbocycles. The second kappa shape index (κ2) is 6.28. The molecule has 0 aromatic heterocycles. The number of ether oxygens (including phenoxy) is 2. The molecule has 2 N–H and O–H groups in total. The Hall–Kier alpha value is -2.18. The Balaban J connectivity index is 1.96. The summed E-state index contributed by atoms with van der Waals surface area (Å²) in [7, 11) is 0. The van der Waals surface area contributed by atoms with E-state index in [0.717, 1.165) is 5.57 Å². The minimum atomic E-state index is -0.725. The standard InChI is InChI=1S/C19H22O6/c1-8-5-14(24-18(22)9(2)7-20)16-11(4)19(23)25-17(16)15-10(3)13(21)6-12(8)15/h12-17,20-21H,1-7H2/t12-,13+,14+,15+,16+,17-/m1/s1. The van der Waals surface area contributed by atoms with Gasteiger partial charge in [0.05, 0.1) is 24.2 Å². The lowest BCUT2D eigenvalue weighted by Gasteiger charge is -2.28. The van der Waals surface area contributed by atoms with E-state index in [1.807, 2.05) is 0 Å². The molecule has 25 heavy (non-hydrogen) atoms. The topological polar surface area (TPSA) is 93.1 Å². The zero-order chi connectivity index (χ0) is 18.5. The molecule has 1 aliphatic heterocycles. The SMILES string of the molecule is C=C(CO)C(=O)O[C@H]1CC(=C)[C@H]2C[C@H](O)C(=C)[C@@H]2[C@H]2OC(=O)C(=C)[C@H]21. The first-order chi connectivity index (χ1) is 11.8. The fourth-order valence-corrected chi connectivity index (χ4v) is 4.16. The Bertz CT molecular complexity index is 690. The molecule has 6 nitrogen and oxygen atoms in total. The number of esters is 2. The molecule has 0 spiro atoms. The molecule has 6 atom stereocenters. The van der Waals surface area contributed by atoms with E-state index >= 15 is 0 Å². The maximum Gasteiger partial charge on any atom is 0.336 e. The minimum Gasteiger partial charge on any atom is -0.458 e. The van der Waals surface area contributed by atoms with Crippen LogP contribution in [-0.2, 0) is 19.1 Å². The maximum atomic E-state index is 12.1. The third kappa shape index (κ3) is 2.75. The molecule has 0 aromatic carbocycles. The Morgan fingerprint density at radius 3 is 2.60 bits per heavy atom. The van der Waals surface area contributed by atoms with Crippen LogP contribution in [0.4, 0.5) is 0 Å². The molecule has 3 rings (SSSR count). The van der Waals surface area contributed by atoms with Crippen LogP contribution in [-0.4, -0.2) is 47.1 Å². The molecule has 0 radical (unpaired) electrons. The summed E-state index contributed by atoms with van der Waals surface area (Å²) in [5.74, 6) is -2.18. The van der Waals surface area contributed by atoms with Gasteiger partial charge in [0.15, 0.2) is 0 Å². The Kier molecular flexibility index (Phi) is 4.43. The number of rotatable bonds is 3. The number of fused-ring (bicyclic) bond motifs is 3. The van der Waals surface area contributed by atoms with Crippen LogP contribution in [0.25, 0.3) is 0 Å². The van der Waals surface area contributed by atoms with Crippen LogP contribution in [0.15, 0.2) is 48.6 Å². The highest BCUT2D eigenvalue weighted by atomic mass is 16.6. The Labute approximate surface area is 146 Å². The van der Waals surface area contributed by atoms with Crippen LogP contribution < -0.4 is 0 Å². The number of aliphatic hydroxyl groups is 2. The molecule has 1 heterocycles. The van der Waals surface area contributed by atoms with E-state index in [9.17, 15) is 14.7 Å². The van der Waals surface area contributed by atoms with Crippen molar-refractivity contribution in [1.29, 1.82) is 0 Å². The summed E-state index contributed by atoms with van der Waals surface area (Å²) in [6.45, 7) is 14.8. The van der Waals surface area contributed by atoms with E-state index in [2.05, 4.69) is 26.3 Å². The van der Waals surface area contributed by atoms with E-state index < -0.39 is 42.8 Å². The third-order valence-electron chi connectivity index (χ3n) is 5.51. The number of carbonyl (C=O) groups is 2. The minimum absolute atomic E-state index is 0.0673. The molecule has 0 unspecified atom stereocenters. The van der Waals surface area contributed by atoms with Gasteiger partial charge in [0.2, 0.25) is 0 Å². The van der Waals surface area contributed by atoms with Gasteiger partial charge in [0.1, 0.15) is 12.2 Å². The first-order valence-electron chi connectivity index (χ1n) is 8.20. The molecule has 0 amide bonds. The fourth-order valence-electron chi connectivity index (χ4n) is 4.16. The molecular weight excluding hydrogens is 324 g/mol. The average Bonchev–Trinajstić information content (AvgIpc) is 2.99. The van der Waals surface area contributed by atoms with E-state index in [4.69, 9.17) is 14.6 Å². The highest BCUT2D eigenvalue weighted by molar-refractivity contribution is 5.92. The van der Waals surface area contributed by atoms with Gasteiger partial charge in [-0.3, -0.25) is 0 Å². The van der Waals surface area contributed by atoms with E-state index in [-0.39, 0.29) is 23.0 Å². The van der Waals surface area contributed by atoms with Crippen molar-refractivity contribution in [3.05, 3.63) is 48.6 Å². The lowest BCUT2D eigenvalue weighted by molar-refractivity contribution is -0.148. The molecule has 3 aliphatic rings. The van der Waals surface area contributed by atoms with Crippen LogP contribution in [0.3, 0.4) is 0 Å². The van der Waals surface area contributed by atoms with Gasteiger partial charge in [-0.1, -0.05) is 31.9 Å². The van der Waals surface area contributed by atoms with E-state index in [1.165, 1.54) is 0 Å². The summed E-state index contributed by atoms with van der Waals surface area (Å²) in [4.78, 5) is 24.2. The lowest BCUT2D eigenvalue weighted by Crippen LogP contribution is -2.36. The highest BCUT2D eigenvalue weighted by Gasteiger charge is 2.56. The van der Waals surface area contributed by atoms with Crippen molar-refractivity contribution in [3.63, 3.8) is 0 Å². The van der Waals surface area contributed by atoms with Crippen LogP contribution >= 0.6 is 0 Å². The molecule has 6 heteroatoms. The monoisotopic (exact) mass is 346 g/mol. The maximum absolute atomic E-state index is 12.1. The van der Waals surface area contributed by atoms with Gasteiger partial charge in [0, 0.05) is 17.9 Å². The second-order valence-electron chi connectivity index (χ2n) is 6.95. The van der Waals surface area contributed by atoms with Crippen LogP contribution in [0.5, 0.6) is 0 Å². The van der Waals surface area contributed by atoms with Crippen LogP contribution in [0, 0.1) is 17.8 Å². The van der Waals surface area contributed by atoms with Gasteiger partial charge in [0.25, 0.3) is 0 Å². The zero-order valence-corrected chi connectivity index (χ0v) is 13.9. The number of hydrogen-bond acceptors (Lipinski definition) is 6. The van der Waals surface area contributed by atoms with Gasteiger partial charge in [-0.25, -0.2) is 9.59 Å². The van der Waals surface area contributed by atoms with Crippen molar-refractivity contribution in [2.24, 2.45) is 17.8 Å². The smallest absolute Gasteiger partial charge is 0.336 e. The van der Waals surface area contributed by atoms with Gasteiger partial charge in [-0.2, -0.15) is 0 Å². The number of hydrogen-bond donors (Lipinski definition) is 2. The summed E-state index contributed by atoms with van der Waals surface area (Å²) in [5, 5.41) is 19.2. The van der Waals surface area contributed by atoms with Crippen LogP contribution in [0.1, 0.15) is 12.8 Å². The number of carbonyl (C=O) groups excluding carboxylic acids is 2. The second-order valence-corrected chi connectivity index (χ2v) is 6.95. The fraction of sp³-hybridized carbons (Fsp3) is 0.474. The third-order valence-corrected chi connectivity index (χ3v) is 5.51. The lowest BCUT2D eigenvalue weighted by atomic mass is 9.81. The summed E-state index contributed by atoms with van der Waals surface area (Å²) >= 11 is 0. The molecule has 134 valence electrons. The average molecular weight is 346 g/mol. The molecule has 1 saturated heterocycles. The van der Waals surface area contributed by atoms with Crippen LogP contribution in [0.2, 0.25) is 0 Å². The van der Waals surface area contributed by atoms with Crippen molar-refractivity contribution in [3.8, 4) is 0 Å². The summed E-state index contributed by atoms with van der Waals surface area (Å²) in [6, 6.07) is 0. The van der Waals surface area contributed by atoms with Gasteiger partial charge >= 0.3 is 11.9 Å². The van der Waals surface area contributed by atoms with E-state index in [1.54, 1.807) is 0 Å². The molecular formula is C19H22O6. The quantitative estimate of drug-likeness (QED) is 0.451. The Morgan fingerprint density at radius 1 is 1.28 bits per heavy atom. The van der Waals surface area contributed by atoms with Crippen molar-refractivity contribution in [2.75, 3.05) is 6.61 Å². The zero-order valence-electron chi connectivity index (χ0n) is 13.9. The molecule has 2 aliphatic carbocycles. The van der Waals surface area contributed by atoms with Crippen molar-refractivity contribution in [1.82, 2.24) is 0 Å². The Morgan fingerprint density at radius 2 is 1.96 bits per heavy atom. The van der Waals surface area contributed by atoms with Gasteiger partial charge in [-0.15, -0.1) is 0 Å². The summed E-state index contributed by atoms with van der Waals surface area (Å²) in [6.07, 6.45) is -1.19. The highest BCUT2D eigenvalue weighted by Crippen LogP contribution is 2.52. The molecule has 0 aromatic rings. The van der Waals surface area contributed by atoms with Crippen molar-refractivity contribution < 1.29 is 29.3 Å². The first kappa shape index (κ1) is 17.6. The first-order valence-corrected chi connectivity index (χ1v) is 8.20. The van der Waals surface area contributed by atoms with Crippen molar-refractivity contribution in [2.45, 2.75) is 31.2 Å². The van der Waals surface area contributed by atoms with Gasteiger partial charge < -0.3 is 19.7 Å². The number of aliphatic hydroxyl groups excluding tert-OH is 2. The van der Waals surface area contributed by atoms with Crippen molar-refractivity contribution >= 4 is 11.9 Å². The predicted molar refractivity (Wildman–Crippen MR) is 89.1 cm³/mol. The molecule has 3 fully saturated rings. The van der Waals surface area contributed by atoms with E-state index in [0.29, 0.717) is 18.4 Å². The normalized spacial score (nSPS) is 37.2.